The van der Waals surface area contributed by atoms with Crippen LogP contribution in [0.15, 0.2) is 60.0 Å². The molecule has 0 aliphatic rings. The third-order valence-corrected chi connectivity index (χ3v) is 4.24. The number of thiazole rings is 1. The van der Waals surface area contributed by atoms with Crippen LogP contribution in [0, 0.1) is 11.3 Å². The highest BCUT2D eigenvalue weighted by atomic mass is 32.1. The molecule has 1 heterocycles. The average molecular weight is 318 g/mol. The fraction of sp³-hybridized carbons (Fsp3) is 0.0526. The molecule has 2 aromatic carbocycles. The molecule has 0 bridgehead atoms. The van der Waals surface area contributed by atoms with E-state index in [0.29, 0.717) is 10.6 Å². The molecular weight excluding hydrogens is 304 g/mol. The predicted molar refractivity (Wildman–Crippen MR) is 94.0 cm³/mol. The molecule has 3 nitrogen and oxygen atoms in total. The summed E-state index contributed by atoms with van der Waals surface area (Å²) in [5, 5.41) is 12.2. The van der Waals surface area contributed by atoms with E-state index in [-0.39, 0.29) is 0 Å². The molecule has 0 radical (unpaired) electrons. The van der Waals surface area contributed by atoms with Crippen molar-refractivity contribution in [2.45, 2.75) is 0 Å². The molecule has 1 aromatic heterocycles. The van der Waals surface area contributed by atoms with Crippen LogP contribution in [0.5, 0.6) is 5.75 Å². The van der Waals surface area contributed by atoms with E-state index in [4.69, 9.17) is 4.74 Å². The highest BCUT2D eigenvalue weighted by Gasteiger charge is 2.10. The lowest BCUT2D eigenvalue weighted by Crippen LogP contribution is -1.87. The molecule has 0 aliphatic heterocycles. The van der Waals surface area contributed by atoms with Gasteiger partial charge in [0.25, 0.3) is 0 Å². The van der Waals surface area contributed by atoms with Gasteiger partial charge in [-0.3, -0.25) is 0 Å². The van der Waals surface area contributed by atoms with Crippen molar-refractivity contribution in [3.05, 3.63) is 70.5 Å². The van der Waals surface area contributed by atoms with E-state index in [0.717, 1.165) is 22.6 Å². The monoisotopic (exact) mass is 318 g/mol. The van der Waals surface area contributed by atoms with Crippen LogP contribution in [-0.4, -0.2) is 12.1 Å². The first kappa shape index (κ1) is 15.0. The van der Waals surface area contributed by atoms with Crippen LogP contribution < -0.4 is 4.74 Å². The van der Waals surface area contributed by atoms with Crippen LogP contribution in [0.3, 0.4) is 0 Å². The fourth-order valence-corrected chi connectivity index (χ4v) is 3.02. The number of rotatable bonds is 4. The molecule has 0 saturated heterocycles. The molecule has 3 aromatic rings. The normalized spacial score (nSPS) is 11.0. The standard InChI is InChI=1S/C19H14N2OS/c1-22-18-10-6-5-9-15(18)11-16(12-20)19-21-17(13-23-19)14-7-3-2-4-8-14/h2-11,13H,1H3. The second kappa shape index (κ2) is 6.91. The van der Waals surface area contributed by atoms with Gasteiger partial charge in [0.15, 0.2) is 0 Å². The quantitative estimate of drug-likeness (QED) is 0.644. The Labute approximate surface area is 139 Å². The Bertz CT molecular complexity index is 876. The van der Waals surface area contributed by atoms with Gasteiger partial charge < -0.3 is 4.74 Å². The van der Waals surface area contributed by atoms with Crippen molar-refractivity contribution in [2.75, 3.05) is 7.11 Å². The molecule has 0 aliphatic carbocycles. The maximum atomic E-state index is 9.49. The van der Waals surface area contributed by atoms with Crippen LogP contribution in [-0.2, 0) is 0 Å². The SMILES string of the molecule is COc1ccccc1C=C(C#N)c1nc(-c2ccccc2)cs1. The molecule has 3 rings (SSSR count). The molecule has 0 unspecified atom stereocenters. The lowest BCUT2D eigenvalue weighted by molar-refractivity contribution is 0.414. The van der Waals surface area contributed by atoms with Gasteiger partial charge in [-0.25, -0.2) is 4.98 Å². The van der Waals surface area contributed by atoms with Gasteiger partial charge in [-0.1, -0.05) is 48.5 Å². The highest BCUT2D eigenvalue weighted by Crippen LogP contribution is 2.29. The number of hydrogen-bond donors (Lipinski definition) is 0. The summed E-state index contributed by atoms with van der Waals surface area (Å²) in [5.41, 5.74) is 3.32. The minimum Gasteiger partial charge on any atom is -0.496 e. The van der Waals surface area contributed by atoms with Gasteiger partial charge in [0.05, 0.1) is 18.4 Å². The van der Waals surface area contributed by atoms with Crippen molar-refractivity contribution in [1.29, 1.82) is 5.26 Å². The summed E-state index contributed by atoms with van der Waals surface area (Å²) < 4.78 is 5.33. The van der Waals surface area contributed by atoms with Crippen LogP contribution in [0.4, 0.5) is 0 Å². The number of allylic oxidation sites excluding steroid dienone is 1. The second-order valence-electron chi connectivity index (χ2n) is 4.82. The average Bonchev–Trinajstić information content (AvgIpc) is 3.10. The first-order valence-corrected chi connectivity index (χ1v) is 7.96. The molecule has 0 N–H and O–H groups in total. The molecule has 23 heavy (non-hydrogen) atoms. The van der Waals surface area contributed by atoms with Gasteiger partial charge in [-0.15, -0.1) is 11.3 Å². The van der Waals surface area contributed by atoms with Crippen LogP contribution >= 0.6 is 11.3 Å². The summed E-state index contributed by atoms with van der Waals surface area (Å²) in [6, 6.07) is 19.8. The van der Waals surface area contributed by atoms with E-state index in [1.54, 1.807) is 7.11 Å². The van der Waals surface area contributed by atoms with Crippen molar-refractivity contribution in [3.8, 4) is 23.1 Å². The third kappa shape index (κ3) is 3.31. The topological polar surface area (TPSA) is 45.9 Å². The number of aromatic nitrogens is 1. The summed E-state index contributed by atoms with van der Waals surface area (Å²) in [5.74, 6) is 0.736. The molecule has 0 spiro atoms. The molecule has 0 fully saturated rings. The number of benzene rings is 2. The van der Waals surface area contributed by atoms with Crippen molar-refractivity contribution in [2.24, 2.45) is 0 Å². The van der Waals surface area contributed by atoms with Crippen LogP contribution in [0.25, 0.3) is 22.9 Å². The molecule has 0 saturated carbocycles. The maximum absolute atomic E-state index is 9.49. The minimum absolute atomic E-state index is 0.529. The van der Waals surface area contributed by atoms with Crippen LogP contribution in [0.1, 0.15) is 10.6 Å². The number of nitrogens with zero attached hydrogens (tertiary/aromatic N) is 2. The molecule has 0 amide bonds. The summed E-state index contributed by atoms with van der Waals surface area (Å²) >= 11 is 1.47. The molecule has 4 heteroatoms. The Morgan fingerprint density at radius 3 is 2.61 bits per heavy atom. The molecular formula is C19H14N2OS. The van der Waals surface area contributed by atoms with Crippen LogP contribution in [0.2, 0.25) is 0 Å². The summed E-state index contributed by atoms with van der Waals surface area (Å²) in [4.78, 5) is 4.59. The summed E-state index contributed by atoms with van der Waals surface area (Å²) in [6.45, 7) is 0. The molecule has 112 valence electrons. The Morgan fingerprint density at radius 2 is 1.87 bits per heavy atom. The number of nitriles is 1. The van der Waals surface area contributed by atoms with E-state index in [1.165, 1.54) is 11.3 Å². The van der Waals surface area contributed by atoms with E-state index in [9.17, 15) is 5.26 Å². The number of methoxy groups -OCH3 is 1. The predicted octanol–water partition coefficient (Wildman–Crippen LogP) is 4.88. The van der Waals surface area contributed by atoms with Crippen molar-refractivity contribution in [1.82, 2.24) is 4.98 Å². The van der Waals surface area contributed by atoms with Gasteiger partial charge in [0.2, 0.25) is 0 Å². The van der Waals surface area contributed by atoms with Crippen molar-refractivity contribution >= 4 is 23.0 Å². The first-order valence-electron chi connectivity index (χ1n) is 7.08. The van der Waals surface area contributed by atoms with Gasteiger partial charge >= 0.3 is 0 Å². The van der Waals surface area contributed by atoms with Crippen molar-refractivity contribution in [3.63, 3.8) is 0 Å². The van der Waals surface area contributed by atoms with Crippen molar-refractivity contribution < 1.29 is 4.74 Å². The fourth-order valence-electron chi connectivity index (χ4n) is 2.22. The largest absolute Gasteiger partial charge is 0.496 e. The van der Waals surface area contributed by atoms with Gasteiger partial charge in [0.1, 0.15) is 16.8 Å². The third-order valence-electron chi connectivity index (χ3n) is 3.36. The van der Waals surface area contributed by atoms with Gasteiger partial charge in [-0.05, 0) is 12.1 Å². The Balaban J connectivity index is 1.98. The maximum Gasteiger partial charge on any atom is 0.134 e. The van der Waals surface area contributed by atoms with E-state index >= 15 is 0 Å². The highest BCUT2D eigenvalue weighted by molar-refractivity contribution is 7.11. The van der Waals surface area contributed by atoms with Gasteiger partial charge in [-0.2, -0.15) is 5.26 Å². The number of ether oxygens (including phenoxy) is 1. The number of para-hydroxylation sites is 1. The Hall–Kier alpha value is -2.90. The van der Waals surface area contributed by atoms with E-state index in [2.05, 4.69) is 11.1 Å². The zero-order valence-electron chi connectivity index (χ0n) is 12.6. The van der Waals surface area contributed by atoms with E-state index < -0.39 is 0 Å². The Morgan fingerprint density at radius 1 is 1.13 bits per heavy atom. The Kier molecular flexibility index (Phi) is 4.51. The first-order chi connectivity index (χ1) is 11.3. The zero-order chi connectivity index (χ0) is 16.1. The lowest BCUT2D eigenvalue weighted by Gasteiger charge is -2.04. The van der Waals surface area contributed by atoms with Gasteiger partial charge in [0, 0.05) is 16.5 Å². The second-order valence-corrected chi connectivity index (χ2v) is 5.67. The van der Waals surface area contributed by atoms with E-state index in [1.807, 2.05) is 66.1 Å². The molecule has 0 atom stereocenters. The zero-order valence-corrected chi connectivity index (χ0v) is 13.4. The summed E-state index contributed by atoms with van der Waals surface area (Å²) in [7, 11) is 1.62. The smallest absolute Gasteiger partial charge is 0.134 e. The lowest BCUT2D eigenvalue weighted by atomic mass is 10.1. The minimum atomic E-state index is 0.529. The summed E-state index contributed by atoms with van der Waals surface area (Å²) in [6.07, 6.45) is 1.81. The number of hydrogen-bond acceptors (Lipinski definition) is 4.